The zero-order valence-corrected chi connectivity index (χ0v) is 12.2. The maximum atomic E-state index is 12.0. The van der Waals surface area contributed by atoms with Gasteiger partial charge in [0.05, 0.1) is 24.7 Å². The summed E-state index contributed by atoms with van der Waals surface area (Å²) >= 11 is 0. The number of nitrogens with zero attached hydrogens (tertiary/aromatic N) is 3. The lowest BCUT2D eigenvalue weighted by Gasteiger charge is -2.22. The molecule has 0 saturated carbocycles. The normalized spacial score (nSPS) is 17.9. The summed E-state index contributed by atoms with van der Waals surface area (Å²) in [4.78, 5) is 12.0. The van der Waals surface area contributed by atoms with E-state index < -0.39 is 0 Å². The van der Waals surface area contributed by atoms with Crippen molar-refractivity contribution in [3.63, 3.8) is 0 Å². The Bertz CT molecular complexity index is 608. The average Bonchev–Trinajstić information content (AvgIpc) is 3.09. The van der Waals surface area contributed by atoms with Crippen molar-refractivity contribution in [3.05, 3.63) is 36.7 Å². The highest BCUT2D eigenvalue weighted by Crippen LogP contribution is 2.14. The predicted molar refractivity (Wildman–Crippen MR) is 81.9 cm³/mol. The van der Waals surface area contributed by atoms with Crippen LogP contribution in [-0.2, 0) is 4.74 Å². The maximum absolute atomic E-state index is 12.0. The van der Waals surface area contributed by atoms with Crippen LogP contribution in [0.3, 0.4) is 0 Å². The van der Waals surface area contributed by atoms with Gasteiger partial charge in [-0.25, -0.2) is 9.48 Å². The number of amides is 2. The molecule has 116 valence electrons. The van der Waals surface area contributed by atoms with Gasteiger partial charge < -0.3 is 15.4 Å². The van der Waals surface area contributed by atoms with E-state index in [-0.39, 0.29) is 6.03 Å². The van der Waals surface area contributed by atoms with Crippen LogP contribution >= 0.6 is 0 Å². The van der Waals surface area contributed by atoms with Gasteiger partial charge in [0, 0.05) is 18.8 Å². The third-order valence-corrected chi connectivity index (χ3v) is 3.60. The second-order valence-corrected chi connectivity index (χ2v) is 5.32. The Hall–Kier alpha value is -2.41. The molecule has 2 amide bonds. The zero-order valence-electron chi connectivity index (χ0n) is 12.2. The molecule has 1 fully saturated rings. The smallest absolute Gasteiger partial charge is 0.319 e. The first-order chi connectivity index (χ1) is 10.8. The molecule has 2 aromatic rings. The molecule has 1 aromatic heterocycles. The zero-order chi connectivity index (χ0) is 15.2. The molecule has 1 aliphatic heterocycles. The van der Waals surface area contributed by atoms with Crippen LogP contribution in [-0.4, -0.2) is 40.8 Å². The number of hydrogen-bond donors (Lipinski definition) is 2. The van der Waals surface area contributed by atoms with E-state index in [1.807, 2.05) is 24.3 Å². The van der Waals surface area contributed by atoms with E-state index in [9.17, 15) is 4.79 Å². The van der Waals surface area contributed by atoms with Crippen molar-refractivity contribution in [1.29, 1.82) is 0 Å². The summed E-state index contributed by atoms with van der Waals surface area (Å²) < 4.78 is 7.04. The SMILES string of the molecule is O=C(NCC1CCCOC1)Nc1cccc(-n2ccnn2)c1. The van der Waals surface area contributed by atoms with Gasteiger partial charge >= 0.3 is 6.03 Å². The summed E-state index contributed by atoms with van der Waals surface area (Å²) in [5.74, 6) is 0.404. The maximum Gasteiger partial charge on any atom is 0.319 e. The van der Waals surface area contributed by atoms with Crippen molar-refractivity contribution in [2.24, 2.45) is 5.92 Å². The van der Waals surface area contributed by atoms with Crippen LogP contribution in [0.1, 0.15) is 12.8 Å². The molecule has 2 heterocycles. The number of rotatable bonds is 4. The first kappa shape index (κ1) is 14.5. The molecule has 1 aliphatic rings. The molecule has 1 atom stereocenters. The van der Waals surface area contributed by atoms with E-state index in [1.54, 1.807) is 17.1 Å². The summed E-state index contributed by atoms with van der Waals surface area (Å²) in [6.45, 7) is 2.19. The molecule has 7 heteroatoms. The van der Waals surface area contributed by atoms with Crippen molar-refractivity contribution in [1.82, 2.24) is 20.3 Å². The molecule has 0 bridgehead atoms. The molecule has 0 aliphatic carbocycles. The third-order valence-electron chi connectivity index (χ3n) is 3.60. The molecule has 22 heavy (non-hydrogen) atoms. The minimum atomic E-state index is -0.207. The van der Waals surface area contributed by atoms with E-state index in [2.05, 4.69) is 20.9 Å². The average molecular weight is 301 g/mol. The van der Waals surface area contributed by atoms with Crippen molar-refractivity contribution >= 4 is 11.7 Å². The van der Waals surface area contributed by atoms with Gasteiger partial charge in [0.2, 0.25) is 0 Å². The Morgan fingerprint density at radius 3 is 3.18 bits per heavy atom. The topological polar surface area (TPSA) is 81.1 Å². The minimum Gasteiger partial charge on any atom is -0.381 e. The van der Waals surface area contributed by atoms with Gasteiger partial charge in [-0.05, 0) is 37.0 Å². The van der Waals surface area contributed by atoms with Gasteiger partial charge in [-0.3, -0.25) is 0 Å². The number of anilines is 1. The molecule has 0 spiro atoms. The Labute approximate surface area is 128 Å². The molecule has 2 N–H and O–H groups in total. The molecule has 0 radical (unpaired) electrons. The molecular formula is C15H19N5O2. The Kier molecular flexibility index (Phi) is 4.65. The van der Waals surface area contributed by atoms with E-state index in [4.69, 9.17) is 4.74 Å². The van der Waals surface area contributed by atoms with E-state index >= 15 is 0 Å². The summed E-state index contributed by atoms with van der Waals surface area (Å²) in [5.41, 5.74) is 1.56. The largest absolute Gasteiger partial charge is 0.381 e. The molecule has 1 saturated heterocycles. The lowest BCUT2D eigenvalue weighted by molar-refractivity contribution is 0.0559. The first-order valence-electron chi connectivity index (χ1n) is 7.40. The van der Waals surface area contributed by atoms with Gasteiger partial charge in [0.1, 0.15) is 0 Å². The number of benzene rings is 1. The van der Waals surface area contributed by atoms with E-state index in [0.29, 0.717) is 18.2 Å². The second kappa shape index (κ2) is 7.04. The molecule has 7 nitrogen and oxygen atoms in total. The molecular weight excluding hydrogens is 282 g/mol. The number of nitrogens with one attached hydrogen (secondary N) is 2. The fourth-order valence-electron chi connectivity index (χ4n) is 2.45. The fourth-order valence-corrected chi connectivity index (χ4v) is 2.45. The van der Waals surface area contributed by atoms with E-state index in [1.165, 1.54) is 0 Å². The third kappa shape index (κ3) is 3.82. The number of hydrogen-bond acceptors (Lipinski definition) is 4. The van der Waals surface area contributed by atoms with Gasteiger partial charge in [-0.2, -0.15) is 0 Å². The Balaban J connectivity index is 1.54. The Morgan fingerprint density at radius 2 is 2.41 bits per heavy atom. The lowest BCUT2D eigenvalue weighted by Crippen LogP contribution is -2.35. The van der Waals surface area contributed by atoms with Gasteiger partial charge in [-0.15, -0.1) is 5.10 Å². The second-order valence-electron chi connectivity index (χ2n) is 5.32. The first-order valence-corrected chi connectivity index (χ1v) is 7.40. The van der Waals surface area contributed by atoms with E-state index in [0.717, 1.165) is 31.7 Å². The molecule has 3 rings (SSSR count). The van der Waals surface area contributed by atoms with Crippen molar-refractivity contribution in [3.8, 4) is 5.69 Å². The van der Waals surface area contributed by atoms with Gasteiger partial charge in [0.15, 0.2) is 0 Å². The highest BCUT2D eigenvalue weighted by Gasteiger charge is 2.14. The van der Waals surface area contributed by atoms with Crippen LogP contribution in [0.25, 0.3) is 5.69 Å². The summed E-state index contributed by atoms with van der Waals surface area (Å²) in [7, 11) is 0. The van der Waals surface area contributed by atoms with Crippen LogP contribution in [0.2, 0.25) is 0 Å². The number of carbonyl (C=O) groups is 1. The van der Waals surface area contributed by atoms with Crippen molar-refractivity contribution in [2.75, 3.05) is 25.1 Å². The Morgan fingerprint density at radius 1 is 1.45 bits per heavy atom. The van der Waals surface area contributed by atoms with Crippen LogP contribution in [0.4, 0.5) is 10.5 Å². The number of urea groups is 1. The minimum absolute atomic E-state index is 0.207. The highest BCUT2D eigenvalue weighted by molar-refractivity contribution is 5.89. The predicted octanol–water partition coefficient (Wildman–Crippen LogP) is 1.82. The lowest BCUT2D eigenvalue weighted by atomic mass is 10.0. The molecule has 1 unspecified atom stereocenters. The van der Waals surface area contributed by atoms with Crippen LogP contribution in [0.15, 0.2) is 36.7 Å². The van der Waals surface area contributed by atoms with Crippen LogP contribution < -0.4 is 10.6 Å². The van der Waals surface area contributed by atoms with Crippen molar-refractivity contribution < 1.29 is 9.53 Å². The number of aromatic nitrogens is 3. The monoisotopic (exact) mass is 301 g/mol. The van der Waals surface area contributed by atoms with Gasteiger partial charge in [0.25, 0.3) is 0 Å². The van der Waals surface area contributed by atoms with Crippen LogP contribution in [0, 0.1) is 5.92 Å². The fraction of sp³-hybridized carbons (Fsp3) is 0.400. The summed E-state index contributed by atoms with van der Waals surface area (Å²) in [6.07, 6.45) is 5.53. The summed E-state index contributed by atoms with van der Waals surface area (Å²) in [6, 6.07) is 7.24. The van der Waals surface area contributed by atoms with Crippen LogP contribution in [0.5, 0.6) is 0 Å². The quantitative estimate of drug-likeness (QED) is 0.902. The van der Waals surface area contributed by atoms with Crippen molar-refractivity contribution in [2.45, 2.75) is 12.8 Å². The van der Waals surface area contributed by atoms with Gasteiger partial charge in [-0.1, -0.05) is 11.3 Å². The number of carbonyl (C=O) groups excluding carboxylic acids is 1. The highest BCUT2D eigenvalue weighted by atomic mass is 16.5. The molecule has 1 aromatic carbocycles. The standard InChI is InChI=1S/C15H19N5O2/c21-15(16-10-12-3-2-8-22-11-12)18-13-4-1-5-14(9-13)20-7-6-17-19-20/h1,4-7,9,12H,2-3,8,10-11H2,(H2,16,18,21). The summed E-state index contributed by atoms with van der Waals surface area (Å²) in [5, 5.41) is 13.4. The number of ether oxygens (including phenoxy) is 1.